The number of aromatic nitrogens is 2. The van der Waals surface area contributed by atoms with E-state index in [4.69, 9.17) is 16.3 Å². The number of ether oxygens (including phenoxy) is 1. The van der Waals surface area contributed by atoms with Crippen molar-refractivity contribution in [1.29, 1.82) is 0 Å². The van der Waals surface area contributed by atoms with Crippen molar-refractivity contribution in [2.45, 2.75) is 6.92 Å². The first-order valence-corrected chi connectivity index (χ1v) is 5.32. The average molecular weight is 253 g/mol. The number of rotatable bonds is 2. The van der Waals surface area contributed by atoms with Crippen molar-refractivity contribution < 1.29 is 9.13 Å². The van der Waals surface area contributed by atoms with Crippen molar-refractivity contribution in [3.8, 4) is 17.0 Å². The molecule has 0 N–H and O–H groups in total. The van der Waals surface area contributed by atoms with Crippen LogP contribution in [0.1, 0.15) is 5.56 Å². The summed E-state index contributed by atoms with van der Waals surface area (Å²) in [7, 11) is 1.47. The van der Waals surface area contributed by atoms with E-state index in [1.807, 2.05) is 6.92 Å². The van der Waals surface area contributed by atoms with Gasteiger partial charge in [0.15, 0.2) is 10.9 Å². The average Bonchev–Trinajstić information content (AvgIpc) is 2.32. The Morgan fingerprint density at radius 3 is 2.76 bits per heavy atom. The van der Waals surface area contributed by atoms with Crippen LogP contribution in [-0.4, -0.2) is 17.1 Å². The summed E-state index contributed by atoms with van der Waals surface area (Å²) in [5.41, 5.74) is 2.02. The quantitative estimate of drug-likeness (QED) is 0.770. The minimum Gasteiger partial charge on any atom is -0.491 e. The van der Waals surface area contributed by atoms with E-state index in [0.717, 1.165) is 5.56 Å². The minimum absolute atomic E-state index is 0.209. The van der Waals surface area contributed by atoms with E-state index in [1.54, 1.807) is 6.07 Å². The van der Waals surface area contributed by atoms with Crippen molar-refractivity contribution >= 4 is 11.6 Å². The van der Waals surface area contributed by atoms with Crippen molar-refractivity contribution in [3.63, 3.8) is 0 Å². The number of methoxy groups -OCH3 is 1. The zero-order valence-electron chi connectivity index (χ0n) is 9.37. The summed E-state index contributed by atoms with van der Waals surface area (Å²) < 4.78 is 18.4. The van der Waals surface area contributed by atoms with Gasteiger partial charge >= 0.3 is 0 Å². The smallest absolute Gasteiger partial charge is 0.182 e. The molecule has 2 rings (SSSR count). The molecule has 0 spiro atoms. The van der Waals surface area contributed by atoms with Crippen molar-refractivity contribution in [2.75, 3.05) is 7.11 Å². The summed E-state index contributed by atoms with van der Waals surface area (Å²) >= 11 is 5.90. The van der Waals surface area contributed by atoms with Gasteiger partial charge in [-0.2, -0.15) is 0 Å². The van der Waals surface area contributed by atoms with Crippen LogP contribution in [0, 0.1) is 12.7 Å². The molecule has 0 saturated carbocycles. The van der Waals surface area contributed by atoms with Crippen molar-refractivity contribution in [3.05, 3.63) is 41.1 Å². The third-order valence-corrected chi connectivity index (χ3v) is 2.69. The summed E-state index contributed by atoms with van der Waals surface area (Å²) in [6, 6.07) is 4.48. The molecule has 0 unspecified atom stereocenters. The lowest BCUT2D eigenvalue weighted by Gasteiger charge is -2.10. The monoisotopic (exact) mass is 252 g/mol. The molecule has 0 aliphatic carbocycles. The Labute approximate surface area is 103 Å². The Bertz CT molecular complexity index is 560. The highest BCUT2D eigenvalue weighted by Gasteiger charge is 2.14. The Balaban J connectivity index is 2.68. The molecule has 0 saturated heterocycles. The fourth-order valence-corrected chi connectivity index (χ4v) is 1.78. The standard InChI is InChI=1S/C12H10ClFN2O/c1-7-3-4-8(14)5-9(7)10-11(17-2)12(13)16-6-15-10/h3-6H,1-2H3. The molecule has 0 aliphatic rings. The van der Waals surface area contributed by atoms with Crippen LogP contribution in [0.2, 0.25) is 5.15 Å². The third kappa shape index (κ3) is 2.22. The topological polar surface area (TPSA) is 35.0 Å². The summed E-state index contributed by atoms with van der Waals surface area (Å²) in [5, 5.41) is 0.209. The molecule has 0 fully saturated rings. The van der Waals surface area contributed by atoms with Crippen LogP contribution in [0.15, 0.2) is 24.5 Å². The Hall–Kier alpha value is -1.68. The van der Waals surface area contributed by atoms with Crippen molar-refractivity contribution in [1.82, 2.24) is 9.97 Å². The maximum absolute atomic E-state index is 13.3. The third-order valence-electron chi connectivity index (χ3n) is 2.42. The van der Waals surface area contributed by atoms with Gasteiger partial charge in [-0.05, 0) is 24.6 Å². The molecule has 0 bridgehead atoms. The van der Waals surface area contributed by atoms with Crippen LogP contribution in [0.3, 0.4) is 0 Å². The number of aryl methyl sites for hydroxylation is 1. The number of hydrogen-bond acceptors (Lipinski definition) is 3. The second kappa shape index (κ2) is 4.67. The van der Waals surface area contributed by atoms with E-state index >= 15 is 0 Å². The van der Waals surface area contributed by atoms with Crippen LogP contribution in [0.4, 0.5) is 4.39 Å². The molecule has 1 heterocycles. The molecule has 2 aromatic rings. The molecule has 1 aromatic carbocycles. The highest BCUT2D eigenvalue weighted by atomic mass is 35.5. The molecule has 1 aromatic heterocycles. The van der Waals surface area contributed by atoms with Crippen LogP contribution in [0.5, 0.6) is 5.75 Å². The summed E-state index contributed by atoms with van der Waals surface area (Å²) in [6.07, 6.45) is 1.32. The summed E-state index contributed by atoms with van der Waals surface area (Å²) in [4.78, 5) is 7.92. The Morgan fingerprint density at radius 1 is 1.29 bits per heavy atom. The van der Waals surface area contributed by atoms with Gasteiger partial charge in [0.1, 0.15) is 17.8 Å². The van der Waals surface area contributed by atoms with Gasteiger partial charge in [-0.1, -0.05) is 17.7 Å². The fourth-order valence-electron chi connectivity index (χ4n) is 1.57. The molecule has 0 amide bonds. The largest absolute Gasteiger partial charge is 0.491 e. The van der Waals surface area contributed by atoms with Gasteiger partial charge in [-0.3, -0.25) is 0 Å². The van der Waals surface area contributed by atoms with Crippen LogP contribution in [0.25, 0.3) is 11.3 Å². The molecule has 5 heteroatoms. The number of halogens is 2. The molecule has 17 heavy (non-hydrogen) atoms. The number of benzene rings is 1. The van der Waals surface area contributed by atoms with Crippen LogP contribution < -0.4 is 4.74 Å². The van der Waals surface area contributed by atoms with Gasteiger partial charge in [-0.25, -0.2) is 14.4 Å². The van der Waals surface area contributed by atoms with E-state index in [9.17, 15) is 4.39 Å². The first-order chi connectivity index (χ1) is 8.13. The maximum atomic E-state index is 13.3. The number of hydrogen-bond donors (Lipinski definition) is 0. The highest BCUT2D eigenvalue weighted by Crippen LogP contribution is 2.34. The summed E-state index contributed by atoms with van der Waals surface area (Å²) in [6.45, 7) is 1.87. The first-order valence-electron chi connectivity index (χ1n) is 4.94. The first kappa shape index (κ1) is 11.8. The molecular formula is C12H10ClFN2O. The number of nitrogens with zero attached hydrogens (tertiary/aromatic N) is 2. The minimum atomic E-state index is -0.331. The second-order valence-electron chi connectivity index (χ2n) is 3.51. The molecule has 88 valence electrons. The molecule has 0 radical (unpaired) electrons. The van der Waals surface area contributed by atoms with E-state index in [1.165, 1.54) is 25.6 Å². The van der Waals surface area contributed by atoms with Gasteiger partial charge in [0, 0.05) is 5.56 Å². The summed E-state index contributed by atoms with van der Waals surface area (Å²) in [5.74, 6) is 0.0188. The molecule has 0 aliphatic heterocycles. The lowest BCUT2D eigenvalue weighted by Crippen LogP contribution is -1.96. The maximum Gasteiger partial charge on any atom is 0.182 e. The van der Waals surface area contributed by atoms with Crippen molar-refractivity contribution in [2.24, 2.45) is 0 Å². The second-order valence-corrected chi connectivity index (χ2v) is 3.86. The SMILES string of the molecule is COc1c(Cl)ncnc1-c1cc(F)ccc1C. The molecule has 3 nitrogen and oxygen atoms in total. The molecule has 0 atom stereocenters. The molecular weight excluding hydrogens is 243 g/mol. The van der Waals surface area contributed by atoms with Gasteiger partial charge in [0.05, 0.1) is 7.11 Å². The predicted octanol–water partition coefficient (Wildman–Crippen LogP) is 3.25. The van der Waals surface area contributed by atoms with E-state index in [2.05, 4.69) is 9.97 Å². The normalized spacial score (nSPS) is 10.4. The zero-order valence-corrected chi connectivity index (χ0v) is 10.1. The van der Waals surface area contributed by atoms with Crippen LogP contribution in [-0.2, 0) is 0 Å². The van der Waals surface area contributed by atoms with Gasteiger partial charge in [0.25, 0.3) is 0 Å². The van der Waals surface area contributed by atoms with Crippen LogP contribution >= 0.6 is 11.6 Å². The van der Waals surface area contributed by atoms with E-state index in [-0.39, 0.29) is 11.0 Å². The Morgan fingerprint density at radius 2 is 2.06 bits per heavy atom. The lowest BCUT2D eigenvalue weighted by atomic mass is 10.0. The Kier molecular flexibility index (Phi) is 3.24. The highest BCUT2D eigenvalue weighted by molar-refractivity contribution is 6.31. The van der Waals surface area contributed by atoms with E-state index < -0.39 is 0 Å². The van der Waals surface area contributed by atoms with Gasteiger partial charge in [-0.15, -0.1) is 0 Å². The fraction of sp³-hybridized carbons (Fsp3) is 0.167. The van der Waals surface area contributed by atoms with Gasteiger partial charge < -0.3 is 4.74 Å². The zero-order chi connectivity index (χ0) is 12.4. The van der Waals surface area contributed by atoms with Gasteiger partial charge in [0.2, 0.25) is 0 Å². The predicted molar refractivity (Wildman–Crippen MR) is 63.7 cm³/mol. The lowest BCUT2D eigenvalue weighted by molar-refractivity contribution is 0.413. The van der Waals surface area contributed by atoms with E-state index in [0.29, 0.717) is 17.0 Å².